The van der Waals surface area contributed by atoms with Crippen molar-refractivity contribution in [2.45, 2.75) is 167 Å². The molecule has 0 aromatic carbocycles. The molecule has 1 saturated carbocycles. The van der Waals surface area contributed by atoms with E-state index >= 15 is 0 Å². The van der Waals surface area contributed by atoms with Crippen molar-refractivity contribution in [1.82, 2.24) is 36.4 Å². The maximum atomic E-state index is 14.5. The zero-order valence-electron chi connectivity index (χ0n) is 33.7. The number of alkyl carbamates (subject to hydrolysis) is 1. The quantitative estimate of drug-likeness (QED) is 0.173. The van der Waals surface area contributed by atoms with Crippen molar-refractivity contribution in [2.24, 2.45) is 11.7 Å². The number of likely N-dealkylation sites (N-methyl/N-ethyl adjacent to an activating group) is 1. The van der Waals surface area contributed by atoms with Gasteiger partial charge in [-0.05, 0) is 72.3 Å². The van der Waals surface area contributed by atoms with Crippen LogP contribution in [0.25, 0.3) is 0 Å². The number of unbranched alkanes of at least 4 members (excludes halogenated alkanes) is 2. The fourth-order valence-electron chi connectivity index (χ4n) is 7.09. The van der Waals surface area contributed by atoms with E-state index in [1.54, 1.807) is 27.8 Å². The van der Waals surface area contributed by atoms with Gasteiger partial charge in [-0.1, -0.05) is 65.7 Å². The summed E-state index contributed by atoms with van der Waals surface area (Å²) in [6, 6.07) is -5.29. The maximum absolute atomic E-state index is 14.5. The normalized spacial score (nSPS) is 26.8. The molecule has 6 atom stereocenters. The van der Waals surface area contributed by atoms with Gasteiger partial charge in [0.15, 0.2) is 0 Å². The second kappa shape index (κ2) is 22.7. The zero-order valence-corrected chi connectivity index (χ0v) is 33.7. The summed E-state index contributed by atoms with van der Waals surface area (Å²) in [5, 5.41) is 13.9. The van der Waals surface area contributed by atoms with Crippen LogP contribution in [0.1, 0.15) is 126 Å². The van der Waals surface area contributed by atoms with Crippen molar-refractivity contribution in [2.75, 3.05) is 33.2 Å². The second-order valence-corrected chi connectivity index (χ2v) is 15.8. The summed E-state index contributed by atoms with van der Waals surface area (Å²) in [4.78, 5) is 86.6. The predicted octanol–water partition coefficient (Wildman–Crippen LogP) is 2.31. The highest BCUT2D eigenvalue weighted by Gasteiger charge is 2.39. The Hall–Kier alpha value is -3.46. The summed E-state index contributed by atoms with van der Waals surface area (Å²) < 4.78 is 5.35. The highest BCUT2D eigenvalue weighted by Crippen LogP contribution is 2.27. The number of nitrogens with one attached hydrogen (secondary N) is 5. The molecule has 304 valence electrons. The van der Waals surface area contributed by atoms with Crippen LogP contribution in [-0.4, -0.2) is 121 Å². The van der Waals surface area contributed by atoms with Crippen molar-refractivity contribution in [1.29, 1.82) is 0 Å². The van der Waals surface area contributed by atoms with Gasteiger partial charge in [-0.25, -0.2) is 4.79 Å². The molecule has 0 aromatic heterocycles. The van der Waals surface area contributed by atoms with Gasteiger partial charge >= 0.3 is 6.09 Å². The molecule has 0 radical (unpaired) electrons. The largest absolute Gasteiger partial charge is 0.444 e. The van der Waals surface area contributed by atoms with E-state index in [0.29, 0.717) is 45.2 Å². The molecule has 6 amide bonds. The number of carbonyl (C=O) groups excluding carboxylic acids is 6. The third-order valence-corrected chi connectivity index (χ3v) is 9.99. The number of hydrogen-bond donors (Lipinski definition) is 6. The molecule has 1 heterocycles. The van der Waals surface area contributed by atoms with Gasteiger partial charge in [0, 0.05) is 26.2 Å². The van der Waals surface area contributed by atoms with Crippen LogP contribution < -0.4 is 32.3 Å². The van der Waals surface area contributed by atoms with Crippen LogP contribution in [-0.2, 0) is 28.7 Å². The maximum Gasteiger partial charge on any atom is 0.407 e. The number of hydrogen-bond acceptors (Lipinski definition) is 9. The molecule has 1 saturated heterocycles. The van der Waals surface area contributed by atoms with Gasteiger partial charge in [-0.3, -0.25) is 28.9 Å². The number of nitrogens with zero attached hydrogens (tertiary/aromatic N) is 2. The molecule has 0 unspecified atom stereocenters. The molecule has 2 fully saturated rings. The number of ether oxygens (including phenoxy) is 1. The van der Waals surface area contributed by atoms with Gasteiger partial charge in [0.1, 0.15) is 29.8 Å². The van der Waals surface area contributed by atoms with Crippen LogP contribution in [0, 0.1) is 5.92 Å². The molecule has 1 aliphatic heterocycles. The molecule has 2 rings (SSSR count). The topological polar surface area (TPSA) is 204 Å². The first-order chi connectivity index (χ1) is 25.1. The summed E-state index contributed by atoms with van der Waals surface area (Å²) in [5.41, 5.74) is 5.19. The van der Waals surface area contributed by atoms with E-state index in [-0.39, 0.29) is 24.9 Å². The minimum absolute atomic E-state index is 0.179. The van der Waals surface area contributed by atoms with Crippen molar-refractivity contribution in [3.63, 3.8) is 0 Å². The lowest BCUT2D eigenvalue weighted by atomic mass is 9.83. The van der Waals surface area contributed by atoms with E-state index in [4.69, 9.17) is 10.5 Å². The Bertz CT molecular complexity index is 1210. The molecular weight excluding hydrogens is 680 g/mol. The number of nitrogens with two attached hydrogens (primary N) is 1. The van der Waals surface area contributed by atoms with Gasteiger partial charge in [0.2, 0.25) is 29.5 Å². The lowest BCUT2D eigenvalue weighted by Gasteiger charge is -2.38. The average molecular weight is 751 g/mol. The molecule has 53 heavy (non-hydrogen) atoms. The van der Waals surface area contributed by atoms with Crippen molar-refractivity contribution < 1.29 is 33.5 Å². The summed E-state index contributed by atoms with van der Waals surface area (Å²) in [6.07, 6.45) is 8.36. The van der Waals surface area contributed by atoms with Gasteiger partial charge in [-0.2, -0.15) is 0 Å². The van der Waals surface area contributed by atoms with E-state index in [0.717, 1.165) is 44.9 Å². The van der Waals surface area contributed by atoms with E-state index in [1.165, 1.54) is 4.90 Å². The number of carbonyl (C=O) groups is 6. The Morgan fingerprint density at radius 2 is 1.43 bits per heavy atom. The molecule has 0 spiro atoms. The van der Waals surface area contributed by atoms with E-state index in [1.807, 2.05) is 13.8 Å². The molecule has 7 N–H and O–H groups in total. The van der Waals surface area contributed by atoms with Gasteiger partial charge in [0.05, 0.1) is 12.6 Å². The molecule has 2 aliphatic rings. The molecule has 0 aromatic rings. The third kappa shape index (κ3) is 15.1. The van der Waals surface area contributed by atoms with Gasteiger partial charge in [-0.15, -0.1) is 0 Å². The molecule has 1 aliphatic carbocycles. The lowest BCUT2D eigenvalue weighted by molar-refractivity contribution is -0.145. The zero-order chi connectivity index (χ0) is 39.7. The van der Waals surface area contributed by atoms with Crippen LogP contribution in [0.15, 0.2) is 0 Å². The van der Waals surface area contributed by atoms with Crippen LogP contribution in [0.2, 0.25) is 0 Å². The molecule has 0 bridgehead atoms. The SMILES string of the molecule is CCCC[C@H]1C(=O)N(C)[C@@H](CCC)C(=O)N[C@@H](C2CCCCC2)C(=O)N[C@@H](CNC(=O)OC(C)(C)C)C(=O)N[C@@H](CN)C(=O)N[C@H](C)CN1CCCC. The highest BCUT2D eigenvalue weighted by atomic mass is 16.6. The Kier molecular flexibility index (Phi) is 19.6. The van der Waals surface area contributed by atoms with Crippen molar-refractivity contribution >= 4 is 35.6 Å². The lowest BCUT2D eigenvalue weighted by Crippen LogP contribution is -2.63. The van der Waals surface area contributed by atoms with Crippen LogP contribution in [0.3, 0.4) is 0 Å². The number of amides is 6. The number of rotatable bonds is 12. The monoisotopic (exact) mass is 751 g/mol. The highest BCUT2D eigenvalue weighted by molar-refractivity contribution is 5.96. The second-order valence-electron chi connectivity index (χ2n) is 15.8. The predicted molar refractivity (Wildman–Crippen MR) is 205 cm³/mol. The van der Waals surface area contributed by atoms with E-state index in [9.17, 15) is 28.8 Å². The van der Waals surface area contributed by atoms with E-state index < -0.39 is 71.6 Å². The average Bonchev–Trinajstić information content (AvgIpc) is 3.10. The van der Waals surface area contributed by atoms with Crippen molar-refractivity contribution in [3.8, 4) is 0 Å². The fourth-order valence-corrected chi connectivity index (χ4v) is 7.09. The van der Waals surface area contributed by atoms with Gasteiger partial charge < -0.3 is 42.0 Å². The summed E-state index contributed by atoms with van der Waals surface area (Å²) in [6.45, 7) is 13.4. The summed E-state index contributed by atoms with van der Waals surface area (Å²) >= 11 is 0. The summed E-state index contributed by atoms with van der Waals surface area (Å²) in [7, 11) is 1.66. The minimum atomic E-state index is -1.34. The van der Waals surface area contributed by atoms with Crippen LogP contribution >= 0.6 is 0 Å². The van der Waals surface area contributed by atoms with Crippen LogP contribution in [0.5, 0.6) is 0 Å². The Labute approximate surface area is 317 Å². The first kappa shape index (κ1) is 45.7. The first-order valence-electron chi connectivity index (χ1n) is 20.0. The first-order valence-corrected chi connectivity index (χ1v) is 20.0. The van der Waals surface area contributed by atoms with Gasteiger partial charge in [0.25, 0.3) is 0 Å². The Morgan fingerprint density at radius 1 is 0.811 bits per heavy atom. The van der Waals surface area contributed by atoms with E-state index in [2.05, 4.69) is 45.3 Å². The third-order valence-electron chi connectivity index (χ3n) is 9.99. The minimum Gasteiger partial charge on any atom is -0.444 e. The Morgan fingerprint density at radius 3 is 2.02 bits per heavy atom. The molecule has 15 nitrogen and oxygen atoms in total. The van der Waals surface area contributed by atoms with Crippen molar-refractivity contribution in [3.05, 3.63) is 0 Å². The Balaban J connectivity index is 2.65. The molecule has 15 heteroatoms. The smallest absolute Gasteiger partial charge is 0.407 e. The molecular formula is C38H70N8O7. The fraction of sp³-hybridized carbons (Fsp3) is 0.842. The standard InChI is InChI=1S/C38H70N8O7/c1-9-12-20-30-36(51)45(8)29(17-11-3)34(49)44-31(26-18-15-14-16-19-26)35(50)43-28(23-40-37(52)53-38(5,6)7)33(48)42-27(22-39)32(47)41-25(4)24-46(30)21-13-10-2/h25-31H,9-24,39H2,1-8H3,(H,40,52)(H,41,47)(H,42,48)(H,43,50)(H,44,49)/t25-,27+,28+,29+,30+,31+/m1/s1. The van der Waals surface area contributed by atoms with Crippen LogP contribution in [0.4, 0.5) is 4.79 Å². The summed E-state index contributed by atoms with van der Waals surface area (Å²) in [5.74, 6) is -2.67.